The van der Waals surface area contributed by atoms with Crippen molar-refractivity contribution in [3.63, 3.8) is 0 Å². The number of hydrazine groups is 1. The first kappa shape index (κ1) is 11.2. The smallest absolute Gasteiger partial charge is 0.0314 e. The van der Waals surface area contributed by atoms with Crippen molar-refractivity contribution in [3.05, 3.63) is 20.8 Å². The van der Waals surface area contributed by atoms with Gasteiger partial charge in [-0.3, -0.25) is 11.3 Å². The number of hydrogen-bond acceptors (Lipinski definition) is 3. The average molecular weight is 301 g/mol. The van der Waals surface area contributed by atoms with Crippen molar-refractivity contribution in [1.82, 2.24) is 5.43 Å². The largest absolute Gasteiger partial charge is 0.271 e. The molecule has 4 heteroatoms. The van der Waals surface area contributed by atoms with Gasteiger partial charge in [-0.2, -0.15) is 0 Å². The van der Waals surface area contributed by atoms with Crippen molar-refractivity contribution in [2.75, 3.05) is 0 Å². The molecule has 2 fully saturated rings. The molecule has 2 saturated carbocycles. The molecule has 0 amide bonds. The van der Waals surface area contributed by atoms with Crippen LogP contribution in [-0.2, 0) is 6.42 Å². The van der Waals surface area contributed by atoms with Crippen LogP contribution in [-0.4, -0.2) is 6.04 Å². The van der Waals surface area contributed by atoms with E-state index in [0.717, 1.165) is 24.2 Å². The molecule has 2 nitrogen and oxygen atoms in total. The molecule has 1 aromatic heterocycles. The van der Waals surface area contributed by atoms with E-state index in [4.69, 9.17) is 5.84 Å². The van der Waals surface area contributed by atoms with Gasteiger partial charge in [-0.05, 0) is 64.4 Å². The highest BCUT2D eigenvalue weighted by Crippen LogP contribution is 2.59. The second kappa shape index (κ2) is 4.41. The van der Waals surface area contributed by atoms with E-state index in [1.54, 1.807) is 0 Å². The Morgan fingerprint density at radius 2 is 2.25 bits per heavy atom. The lowest BCUT2D eigenvalue weighted by atomic mass is 10.0. The third kappa shape index (κ3) is 1.86. The van der Waals surface area contributed by atoms with Crippen molar-refractivity contribution in [2.45, 2.75) is 31.7 Å². The highest BCUT2D eigenvalue weighted by atomic mass is 79.9. The summed E-state index contributed by atoms with van der Waals surface area (Å²) < 4.78 is 1.24. The molecule has 3 unspecified atom stereocenters. The molecule has 0 aliphatic heterocycles. The number of rotatable bonds is 4. The van der Waals surface area contributed by atoms with E-state index in [0.29, 0.717) is 6.04 Å². The number of nitrogens with one attached hydrogen (secondary N) is 1. The Morgan fingerprint density at radius 3 is 2.81 bits per heavy atom. The van der Waals surface area contributed by atoms with Crippen LogP contribution >= 0.6 is 27.3 Å². The van der Waals surface area contributed by atoms with Crippen molar-refractivity contribution in [1.29, 1.82) is 0 Å². The minimum Gasteiger partial charge on any atom is -0.271 e. The highest BCUT2D eigenvalue weighted by Gasteiger charge is 2.55. The van der Waals surface area contributed by atoms with Crippen molar-refractivity contribution in [2.24, 2.45) is 23.6 Å². The summed E-state index contributed by atoms with van der Waals surface area (Å²) in [5.41, 5.74) is 3.04. The molecule has 0 spiro atoms. The second-order valence-corrected chi connectivity index (χ2v) is 6.86. The Morgan fingerprint density at radius 1 is 1.50 bits per heavy atom. The molecule has 88 valence electrons. The standard InChI is InChI=1S/C12H17BrN2S/c13-9-4-5-16-11(9)6-10(15-14)12-7-2-1-3-8(7)12/h4-5,7-8,10,12,15H,1-3,6,14H2. The van der Waals surface area contributed by atoms with E-state index in [1.165, 1.54) is 28.6 Å². The summed E-state index contributed by atoms with van der Waals surface area (Å²) >= 11 is 5.42. The molecular formula is C12H17BrN2S. The summed E-state index contributed by atoms with van der Waals surface area (Å²) in [6.45, 7) is 0. The summed E-state index contributed by atoms with van der Waals surface area (Å²) in [5, 5.41) is 2.14. The Balaban J connectivity index is 1.66. The molecule has 0 aromatic carbocycles. The summed E-state index contributed by atoms with van der Waals surface area (Å²) in [7, 11) is 0. The third-order valence-corrected chi connectivity index (χ3v) is 6.20. The van der Waals surface area contributed by atoms with Crippen LogP contribution < -0.4 is 11.3 Å². The highest BCUT2D eigenvalue weighted by molar-refractivity contribution is 9.10. The fraction of sp³-hybridized carbons (Fsp3) is 0.667. The predicted molar refractivity (Wildman–Crippen MR) is 71.2 cm³/mol. The molecule has 3 rings (SSSR count). The molecule has 1 heterocycles. The number of hydrogen-bond donors (Lipinski definition) is 2. The zero-order valence-corrected chi connectivity index (χ0v) is 11.6. The fourth-order valence-corrected chi connectivity index (χ4v) is 5.02. The lowest BCUT2D eigenvalue weighted by Crippen LogP contribution is -2.39. The van der Waals surface area contributed by atoms with Gasteiger partial charge in [0.05, 0.1) is 0 Å². The Kier molecular flexibility index (Phi) is 3.09. The molecule has 16 heavy (non-hydrogen) atoms. The fourth-order valence-electron chi connectivity index (χ4n) is 3.45. The van der Waals surface area contributed by atoms with E-state index in [-0.39, 0.29) is 0 Å². The summed E-state index contributed by atoms with van der Waals surface area (Å²) in [6, 6.07) is 2.60. The normalized spacial score (nSPS) is 33.8. The number of halogens is 1. The van der Waals surface area contributed by atoms with Crippen LogP contribution in [0.5, 0.6) is 0 Å². The summed E-state index contributed by atoms with van der Waals surface area (Å²) in [4.78, 5) is 1.42. The minimum absolute atomic E-state index is 0.477. The van der Waals surface area contributed by atoms with Crippen molar-refractivity contribution >= 4 is 27.3 Å². The molecule has 3 N–H and O–H groups in total. The lowest BCUT2D eigenvalue weighted by molar-refractivity contribution is 0.411. The maximum absolute atomic E-state index is 5.72. The van der Waals surface area contributed by atoms with Gasteiger partial charge in [0, 0.05) is 15.4 Å². The minimum atomic E-state index is 0.477. The zero-order chi connectivity index (χ0) is 11.1. The van der Waals surface area contributed by atoms with Gasteiger partial charge in [-0.15, -0.1) is 11.3 Å². The molecular weight excluding hydrogens is 284 g/mol. The molecule has 2 aliphatic carbocycles. The topological polar surface area (TPSA) is 38.0 Å². The van der Waals surface area contributed by atoms with Gasteiger partial charge in [0.2, 0.25) is 0 Å². The van der Waals surface area contributed by atoms with Crippen molar-refractivity contribution < 1.29 is 0 Å². The van der Waals surface area contributed by atoms with E-state index < -0.39 is 0 Å². The van der Waals surface area contributed by atoms with Crippen LogP contribution in [0, 0.1) is 17.8 Å². The summed E-state index contributed by atoms with van der Waals surface area (Å²) in [6.07, 6.45) is 5.37. The van der Waals surface area contributed by atoms with E-state index >= 15 is 0 Å². The molecule has 1 aromatic rings. The van der Waals surface area contributed by atoms with Crippen molar-refractivity contribution in [3.8, 4) is 0 Å². The average Bonchev–Trinajstić information content (AvgIpc) is 2.69. The molecule has 3 atom stereocenters. The summed E-state index contributed by atoms with van der Waals surface area (Å²) in [5.74, 6) is 8.51. The SMILES string of the molecule is NNC(Cc1sccc1Br)C1C2CCCC21. The second-order valence-electron chi connectivity index (χ2n) is 5.00. The Bertz CT molecular complexity index is 369. The van der Waals surface area contributed by atoms with Crippen LogP contribution in [0.1, 0.15) is 24.1 Å². The van der Waals surface area contributed by atoms with E-state index in [2.05, 4.69) is 32.8 Å². The first-order valence-electron chi connectivity index (χ1n) is 5.99. The van der Waals surface area contributed by atoms with Gasteiger partial charge in [0.1, 0.15) is 0 Å². The van der Waals surface area contributed by atoms with E-state index in [9.17, 15) is 0 Å². The Hall–Kier alpha value is 0.100. The predicted octanol–water partition coefficient (Wildman–Crippen LogP) is 2.93. The lowest BCUT2D eigenvalue weighted by Gasteiger charge is -2.17. The van der Waals surface area contributed by atoms with Gasteiger partial charge < -0.3 is 0 Å². The van der Waals surface area contributed by atoms with E-state index in [1.807, 2.05) is 11.3 Å². The van der Waals surface area contributed by atoms with Crippen LogP contribution in [0.25, 0.3) is 0 Å². The van der Waals surface area contributed by atoms with Gasteiger partial charge in [-0.1, -0.05) is 6.42 Å². The van der Waals surface area contributed by atoms with Crippen LogP contribution in [0.4, 0.5) is 0 Å². The first-order valence-corrected chi connectivity index (χ1v) is 7.66. The molecule has 0 saturated heterocycles. The molecule has 0 radical (unpaired) electrons. The van der Waals surface area contributed by atoms with Gasteiger partial charge >= 0.3 is 0 Å². The maximum Gasteiger partial charge on any atom is 0.0314 e. The van der Waals surface area contributed by atoms with Crippen LogP contribution in [0.2, 0.25) is 0 Å². The number of fused-ring (bicyclic) bond motifs is 1. The third-order valence-electron chi connectivity index (χ3n) is 4.25. The number of nitrogens with two attached hydrogens (primary N) is 1. The monoisotopic (exact) mass is 300 g/mol. The van der Waals surface area contributed by atoms with Gasteiger partial charge in [0.25, 0.3) is 0 Å². The molecule has 0 bridgehead atoms. The van der Waals surface area contributed by atoms with Crippen LogP contribution in [0.15, 0.2) is 15.9 Å². The number of thiophene rings is 1. The first-order chi connectivity index (χ1) is 7.81. The molecule has 2 aliphatic rings. The maximum atomic E-state index is 5.72. The quantitative estimate of drug-likeness (QED) is 0.663. The zero-order valence-electron chi connectivity index (χ0n) is 9.16. The Labute approximate surface area is 109 Å². The van der Waals surface area contributed by atoms with Gasteiger partial charge in [-0.25, -0.2) is 0 Å². The van der Waals surface area contributed by atoms with Gasteiger partial charge in [0.15, 0.2) is 0 Å². The van der Waals surface area contributed by atoms with Crippen LogP contribution in [0.3, 0.4) is 0 Å².